The van der Waals surface area contributed by atoms with E-state index < -0.39 is 0 Å². The molecule has 0 aliphatic carbocycles. The van der Waals surface area contributed by atoms with Gasteiger partial charge < -0.3 is 14.9 Å². The topological polar surface area (TPSA) is 62.0 Å². The van der Waals surface area contributed by atoms with Gasteiger partial charge >= 0.3 is 0 Å². The van der Waals surface area contributed by atoms with Crippen molar-refractivity contribution in [3.63, 3.8) is 0 Å². The molecule has 0 bridgehead atoms. The van der Waals surface area contributed by atoms with Crippen molar-refractivity contribution in [1.82, 2.24) is 0 Å². The van der Waals surface area contributed by atoms with E-state index in [0.29, 0.717) is 29.0 Å². The highest BCUT2D eigenvalue weighted by Gasteiger charge is 2.16. The number of para-hydroxylation sites is 1. The van der Waals surface area contributed by atoms with Gasteiger partial charge in [0.2, 0.25) is 0 Å². The molecule has 0 aliphatic heterocycles. The summed E-state index contributed by atoms with van der Waals surface area (Å²) in [7, 11) is 0. The van der Waals surface area contributed by atoms with Gasteiger partial charge in [0.25, 0.3) is 0 Å². The van der Waals surface area contributed by atoms with Crippen LogP contribution in [0.4, 0.5) is 5.69 Å². The Bertz CT molecular complexity index is 1110. The molecule has 0 unspecified atom stereocenters. The molecule has 0 aliphatic rings. The van der Waals surface area contributed by atoms with Crippen LogP contribution in [0.3, 0.4) is 0 Å². The van der Waals surface area contributed by atoms with Gasteiger partial charge in [0.15, 0.2) is 0 Å². The normalized spacial score (nSPS) is 11.5. The summed E-state index contributed by atoms with van der Waals surface area (Å²) in [6.07, 6.45) is 7.32. The Labute approximate surface area is 190 Å². The van der Waals surface area contributed by atoms with E-state index in [1.54, 1.807) is 12.1 Å². The molecule has 32 heavy (non-hydrogen) atoms. The first kappa shape index (κ1) is 23.3. The Balaban J connectivity index is 1.73. The van der Waals surface area contributed by atoms with Gasteiger partial charge in [-0.2, -0.15) is 0 Å². The molecular formula is C28H29NO3. The van der Waals surface area contributed by atoms with E-state index in [9.17, 15) is 10.2 Å². The van der Waals surface area contributed by atoms with E-state index >= 15 is 0 Å². The molecule has 0 aromatic heterocycles. The quantitative estimate of drug-likeness (QED) is 0.398. The Morgan fingerprint density at radius 1 is 0.969 bits per heavy atom. The van der Waals surface area contributed by atoms with Crippen molar-refractivity contribution in [3.05, 3.63) is 94.0 Å². The summed E-state index contributed by atoms with van der Waals surface area (Å²) in [5.74, 6) is 3.00. The van der Waals surface area contributed by atoms with Crippen LogP contribution < -0.4 is 4.74 Å². The lowest BCUT2D eigenvalue weighted by atomic mass is 9.86. The zero-order valence-corrected chi connectivity index (χ0v) is 18.8. The molecule has 0 heterocycles. The summed E-state index contributed by atoms with van der Waals surface area (Å²) < 4.78 is 5.94. The maximum absolute atomic E-state index is 9.67. The lowest BCUT2D eigenvalue weighted by molar-refractivity contribution is 0.242. The summed E-state index contributed by atoms with van der Waals surface area (Å²) in [4.78, 5) is 4.70. The molecular weight excluding hydrogens is 398 g/mol. The van der Waals surface area contributed by atoms with Gasteiger partial charge in [-0.3, -0.25) is 4.99 Å². The molecule has 0 fully saturated rings. The second-order valence-corrected chi connectivity index (χ2v) is 8.64. The molecule has 0 saturated heterocycles. The largest absolute Gasteiger partial charge is 0.488 e. The number of rotatable bonds is 7. The SMILES string of the molecule is C#Cc1cc(CO)c(OCc2ccc(C=Nc3ccccc3C(C)(C)C)cc2)c(CO)c1. The number of ether oxygens (including phenoxy) is 1. The highest BCUT2D eigenvalue weighted by Crippen LogP contribution is 2.31. The smallest absolute Gasteiger partial charge is 0.130 e. The number of hydrogen-bond donors (Lipinski definition) is 2. The molecule has 0 spiro atoms. The summed E-state index contributed by atoms with van der Waals surface area (Å²) in [5.41, 5.74) is 5.87. The predicted octanol–water partition coefficient (Wildman–Crippen LogP) is 5.28. The van der Waals surface area contributed by atoms with Crippen molar-refractivity contribution in [2.24, 2.45) is 4.99 Å². The number of aliphatic hydroxyl groups is 2. The molecule has 4 nitrogen and oxygen atoms in total. The number of aliphatic hydroxyl groups excluding tert-OH is 2. The lowest BCUT2D eigenvalue weighted by Crippen LogP contribution is -2.11. The fourth-order valence-electron chi connectivity index (χ4n) is 3.48. The highest BCUT2D eigenvalue weighted by atomic mass is 16.5. The maximum atomic E-state index is 9.67. The number of terminal acetylenes is 1. The third kappa shape index (κ3) is 5.64. The molecule has 2 N–H and O–H groups in total. The summed E-state index contributed by atoms with van der Waals surface area (Å²) in [6, 6.07) is 19.5. The number of benzene rings is 3. The minimum atomic E-state index is -0.219. The second kappa shape index (κ2) is 10.3. The van der Waals surface area contributed by atoms with Crippen LogP contribution in [0, 0.1) is 12.3 Å². The average Bonchev–Trinajstić information content (AvgIpc) is 2.81. The summed E-state index contributed by atoms with van der Waals surface area (Å²) in [5, 5.41) is 19.3. The Hall–Kier alpha value is -3.39. The first-order valence-corrected chi connectivity index (χ1v) is 10.5. The van der Waals surface area contributed by atoms with Crippen LogP contribution in [0.2, 0.25) is 0 Å². The van der Waals surface area contributed by atoms with E-state index in [4.69, 9.17) is 16.2 Å². The van der Waals surface area contributed by atoms with E-state index in [-0.39, 0.29) is 18.6 Å². The van der Waals surface area contributed by atoms with Crippen molar-refractivity contribution < 1.29 is 14.9 Å². The third-order valence-corrected chi connectivity index (χ3v) is 5.18. The molecule has 0 saturated carbocycles. The van der Waals surface area contributed by atoms with Gasteiger partial charge in [-0.05, 0) is 40.3 Å². The molecule has 3 rings (SSSR count). The van der Waals surface area contributed by atoms with Crippen LogP contribution in [0.1, 0.15) is 54.2 Å². The molecule has 3 aromatic carbocycles. The van der Waals surface area contributed by atoms with Crippen LogP contribution in [0.5, 0.6) is 5.75 Å². The standard InChI is InChI=1S/C28H29NO3/c1-5-20-14-23(17-30)27(24(15-20)18-31)32-19-22-12-10-21(11-13-22)16-29-26-9-7-6-8-25(26)28(2,3)4/h1,6-16,30-31H,17-19H2,2-4H3. The molecule has 3 aromatic rings. The van der Waals surface area contributed by atoms with Gasteiger partial charge in [0, 0.05) is 22.9 Å². The molecule has 0 radical (unpaired) electrons. The predicted molar refractivity (Wildman–Crippen MR) is 129 cm³/mol. The Morgan fingerprint density at radius 3 is 2.16 bits per heavy atom. The molecule has 4 heteroatoms. The van der Waals surface area contributed by atoms with Crippen LogP contribution >= 0.6 is 0 Å². The minimum Gasteiger partial charge on any atom is -0.488 e. The number of aliphatic imine (C=N–C) groups is 1. The Morgan fingerprint density at radius 2 is 1.59 bits per heavy atom. The molecule has 164 valence electrons. The van der Waals surface area contributed by atoms with Gasteiger partial charge in [0.05, 0.1) is 18.9 Å². The van der Waals surface area contributed by atoms with Crippen molar-refractivity contribution in [1.29, 1.82) is 0 Å². The van der Waals surface area contributed by atoms with Crippen molar-refractivity contribution in [2.45, 2.75) is 46.0 Å². The monoisotopic (exact) mass is 427 g/mol. The number of nitrogens with zero attached hydrogens (tertiary/aromatic N) is 1. The van der Waals surface area contributed by atoms with Gasteiger partial charge in [-0.25, -0.2) is 0 Å². The van der Waals surface area contributed by atoms with Crippen LogP contribution in [-0.2, 0) is 25.2 Å². The van der Waals surface area contributed by atoms with Crippen molar-refractivity contribution >= 4 is 11.9 Å². The highest BCUT2D eigenvalue weighted by molar-refractivity contribution is 5.82. The summed E-state index contributed by atoms with van der Waals surface area (Å²) in [6.45, 7) is 6.41. The van der Waals surface area contributed by atoms with Gasteiger partial charge in [-0.1, -0.05) is 69.2 Å². The fraction of sp³-hybridized carbons (Fsp3) is 0.250. The van der Waals surface area contributed by atoms with Gasteiger partial charge in [0.1, 0.15) is 12.4 Å². The van der Waals surface area contributed by atoms with E-state index in [1.165, 1.54) is 5.56 Å². The van der Waals surface area contributed by atoms with Gasteiger partial charge in [-0.15, -0.1) is 6.42 Å². The van der Waals surface area contributed by atoms with Crippen LogP contribution in [0.15, 0.2) is 65.7 Å². The fourth-order valence-corrected chi connectivity index (χ4v) is 3.48. The Kier molecular flexibility index (Phi) is 7.48. The third-order valence-electron chi connectivity index (χ3n) is 5.18. The van der Waals surface area contributed by atoms with E-state index in [1.807, 2.05) is 48.7 Å². The lowest BCUT2D eigenvalue weighted by Gasteiger charge is -2.20. The number of hydrogen-bond acceptors (Lipinski definition) is 4. The summed E-state index contributed by atoms with van der Waals surface area (Å²) >= 11 is 0. The molecule has 0 atom stereocenters. The van der Waals surface area contributed by atoms with Crippen molar-refractivity contribution in [3.8, 4) is 18.1 Å². The molecule has 0 amide bonds. The zero-order valence-electron chi connectivity index (χ0n) is 18.8. The minimum absolute atomic E-state index is 0.0222. The van der Waals surface area contributed by atoms with E-state index in [0.717, 1.165) is 16.8 Å². The maximum Gasteiger partial charge on any atom is 0.130 e. The first-order chi connectivity index (χ1) is 15.4. The first-order valence-electron chi connectivity index (χ1n) is 10.5. The second-order valence-electron chi connectivity index (χ2n) is 8.64. The van der Waals surface area contributed by atoms with Crippen molar-refractivity contribution in [2.75, 3.05) is 0 Å². The average molecular weight is 428 g/mol. The van der Waals surface area contributed by atoms with Crippen LogP contribution in [0.25, 0.3) is 0 Å². The van der Waals surface area contributed by atoms with Crippen LogP contribution in [-0.4, -0.2) is 16.4 Å². The van der Waals surface area contributed by atoms with E-state index in [2.05, 4.69) is 32.8 Å². The zero-order chi connectivity index (χ0) is 23.1.